The molecule has 0 atom stereocenters. The number of nitrogens with one attached hydrogen (secondary N) is 1. The summed E-state index contributed by atoms with van der Waals surface area (Å²) < 4.78 is 7.78. The zero-order chi connectivity index (χ0) is 18.7. The first-order valence-corrected chi connectivity index (χ1v) is 8.73. The first-order valence-electron chi connectivity index (χ1n) is 7.94. The topological polar surface area (TPSA) is 76.4 Å². The molecule has 0 saturated heterocycles. The summed E-state index contributed by atoms with van der Waals surface area (Å²) in [6.07, 6.45) is 1.56. The zero-order valence-corrected chi connectivity index (χ0v) is 15.9. The number of benzene rings is 2. The highest BCUT2D eigenvalue weighted by Gasteiger charge is 2.15. The number of hydrogen-bond acceptors (Lipinski definition) is 4. The van der Waals surface area contributed by atoms with Crippen LogP contribution in [0.1, 0.15) is 21.6 Å². The smallest absolute Gasteiger partial charge is 0.255 e. The molecule has 26 heavy (non-hydrogen) atoms. The molecule has 3 rings (SSSR count). The van der Waals surface area contributed by atoms with Gasteiger partial charge in [-0.15, -0.1) is 0 Å². The number of ether oxygens (including phenoxy) is 1. The van der Waals surface area contributed by atoms with E-state index in [0.29, 0.717) is 17.9 Å². The van der Waals surface area contributed by atoms with Gasteiger partial charge in [0.1, 0.15) is 0 Å². The van der Waals surface area contributed by atoms with E-state index in [1.807, 2.05) is 31.2 Å². The van der Waals surface area contributed by atoms with Crippen LogP contribution in [0.3, 0.4) is 0 Å². The molecule has 0 fully saturated rings. The molecule has 0 saturated carbocycles. The van der Waals surface area contributed by atoms with Gasteiger partial charge in [0.25, 0.3) is 5.91 Å². The molecule has 1 heterocycles. The number of carbonyl (C=O) groups is 1. The summed E-state index contributed by atoms with van der Waals surface area (Å²) in [4.78, 5) is 12.5. The quantitative estimate of drug-likeness (QED) is 0.667. The predicted molar refractivity (Wildman–Crippen MR) is 102 cm³/mol. The minimum absolute atomic E-state index is 0.0641. The van der Waals surface area contributed by atoms with E-state index in [1.54, 1.807) is 23.0 Å². The molecule has 134 valence electrons. The monoisotopic (exact) mass is 415 g/mol. The van der Waals surface area contributed by atoms with Gasteiger partial charge in [-0.05, 0) is 48.9 Å². The maximum Gasteiger partial charge on any atom is 0.255 e. The Morgan fingerprint density at radius 1 is 1.27 bits per heavy atom. The molecule has 0 spiro atoms. The lowest BCUT2D eigenvalue weighted by Crippen LogP contribution is -2.23. The average Bonchev–Trinajstić information content (AvgIpc) is 3.03. The Morgan fingerprint density at radius 3 is 2.69 bits per heavy atom. The van der Waals surface area contributed by atoms with Crippen LogP contribution in [0.4, 0.5) is 0 Å². The first-order chi connectivity index (χ1) is 12.5. The van der Waals surface area contributed by atoms with E-state index in [-0.39, 0.29) is 11.7 Å². The van der Waals surface area contributed by atoms with Crippen LogP contribution < -0.4 is 10.1 Å². The van der Waals surface area contributed by atoms with E-state index < -0.39 is 0 Å². The lowest BCUT2D eigenvalue weighted by molar-refractivity contribution is 0.0950. The molecule has 1 aromatic heterocycles. The predicted octanol–water partition coefficient (Wildman–Crippen LogP) is 3.59. The SMILES string of the molecule is COc1cc(CNC(=O)c2cnn(-c3ccc(Br)cc3)c2C)ccc1O. The second-order valence-corrected chi connectivity index (χ2v) is 6.64. The molecular formula is C19H18BrN3O3. The molecule has 0 aliphatic rings. The molecule has 0 bridgehead atoms. The third-order valence-electron chi connectivity index (χ3n) is 4.02. The van der Waals surface area contributed by atoms with Crippen molar-refractivity contribution < 1.29 is 14.6 Å². The number of hydrogen-bond donors (Lipinski definition) is 2. The number of nitrogens with zero attached hydrogens (tertiary/aromatic N) is 2. The van der Waals surface area contributed by atoms with Gasteiger partial charge in [0.15, 0.2) is 11.5 Å². The number of aromatic hydroxyl groups is 1. The molecule has 0 aliphatic heterocycles. The fourth-order valence-electron chi connectivity index (χ4n) is 2.58. The van der Waals surface area contributed by atoms with Gasteiger partial charge in [0.2, 0.25) is 0 Å². The lowest BCUT2D eigenvalue weighted by Gasteiger charge is -2.09. The second-order valence-electron chi connectivity index (χ2n) is 5.72. The highest BCUT2D eigenvalue weighted by molar-refractivity contribution is 9.10. The number of halogens is 1. The molecule has 2 aromatic carbocycles. The van der Waals surface area contributed by atoms with Crippen LogP contribution in [0, 0.1) is 6.92 Å². The maximum absolute atomic E-state index is 12.5. The standard InChI is InChI=1S/C19H18BrN3O3/c1-12-16(11-22-23(12)15-6-4-14(20)5-7-15)19(25)21-10-13-3-8-17(24)18(9-13)26-2/h3-9,11,24H,10H2,1-2H3,(H,21,25). The van der Waals surface area contributed by atoms with Gasteiger partial charge >= 0.3 is 0 Å². The number of carbonyl (C=O) groups excluding carboxylic acids is 1. The van der Waals surface area contributed by atoms with Crippen LogP contribution in [-0.2, 0) is 6.54 Å². The van der Waals surface area contributed by atoms with E-state index in [9.17, 15) is 9.90 Å². The normalized spacial score (nSPS) is 10.6. The molecule has 3 aromatic rings. The number of phenolic OH excluding ortho intramolecular Hbond substituents is 1. The van der Waals surface area contributed by atoms with Crippen LogP contribution >= 0.6 is 15.9 Å². The highest BCUT2D eigenvalue weighted by Crippen LogP contribution is 2.26. The van der Waals surface area contributed by atoms with Crippen LogP contribution in [0.15, 0.2) is 53.1 Å². The second kappa shape index (κ2) is 7.61. The summed E-state index contributed by atoms with van der Waals surface area (Å²) >= 11 is 3.40. The first kappa shape index (κ1) is 18.0. The van der Waals surface area contributed by atoms with Crippen molar-refractivity contribution in [1.82, 2.24) is 15.1 Å². The molecule has 6 nitrogen and oxygen atoms in total. The van der Waals surface area contributed by atoms with Crippen LogP contribution in [0.2, 0.25) is 0 Å². The Bertz CT molecular complexity index is 936. The maximum atomic E-state index is 12.5. The molecule has 2 N–H and O–H groups in total. The van der Waals surface area contributed by atoms with Gasteiger partial charge in [-0.1, -0.05) is 22.0 Å². The van der Waals surface area contributed by atoms with Crippen molar-refractivity contribution in [2.45, 2.75) is 13.5 Å². The largest absolute Gasteiger partial charge is 0.504 e. The minimum Gasteiger partial charge on any atom is -0.504 e. The molecular weight excluding hydrogens is 398 g/mol. The molecule has 0 radical (unpaired) electrons. The Morgan fingerprint density at radius 2 is 2.00 bits per heavy atom. The third kappa shape index (κ3) is 3.72. The van der Waals surface area contributed by atoms with Crippen LogP contribution in [-0.4, -0.2) is 27.9 Å². The number of rotatable bonds is 5. The van der Waals surface area contributed by atoms with Crippen LogP contribution in [0.25, 0.3) is 5.69 Å². The molecule has 0 unspecified atom stereocenters. The van der Waals surface area contributed by atoms with E-state index in [4.69, 9.17) is 4.74 Å². The van der Waals surface area contributed by atoms with Gasteiger partial charge in [-0.2, -0.15) is 5.10 Å². The van der Waals surface area contributed by atoms with Crippen molar-refractivity contribution in [2.75, 3.05) is 7.11 Å². The minimum atomic E-state index is -0.210. The Labute approximate surface area is 159 Å². The molecule has 1 amide bonds. The van der Waals surface area contributed by atoms with Gasteiger partial charge in [0, 0.05) is 11.0 Å². The van der Waals surface area contributed by atoms with Crippen molar-refractivity contribution in [3.63, 3.8) is 0 Å². The number of methoxy groups -OCH3 is 1. The van der Waals surface area contributed by atoms with E-state index in [2.05, 4.69) is 26.3 Å². The lowest BCUT2D eigenvalue weighted by atomic mass is 10.2. The van der Waals surface area contributed by atoms with Gasteiger partial charge in [0.05, 0.1) is 30.3 Å². The van der Waals surface area contributed by atoms with Crippen LogP contribution in [0.5, 0.6) is 11.5 Å². The van der Waals surface area contributed by atoms with Crippen molar-refractivity contribution in [3.05, 3.63) is 70.0 Å². The van der Waals surface area contributed by atoms with Gasteiger partial charge in [-0.3, -0.25) is 4.79 Å². The van der Waals surface area contributed by atoms with Crippen molar-refractivity contribution in [1.29, 1.82) is 0 Å². The summed E-state index contributed by atoms with van der Waals surface area (Å²) in [6.45, 7) is 2.17. The Kier molecular flexibility index (Phi) is 5.27. The third-order valence-corrected chi connectivity index (χ3v) is 4.55. The number of amides is 1. The van der Waals surface area contributed by atoms with Crippen molar-refractivity contribution in [3.8, 4) is 17.2 Å². The van der Waals surface area contributed by atoms with Gasteiger partial charge in [-0.25, -0.2) is 4.68 Å². The Balaban J connectivity index is 1.73. The number of phenols is 1. The van der Waals surface area contributed by atoms with E-state index in [0.717, 1.165) is 21.4 Å². The van der Waals surface area contributed by atoms with E-state index in [1.165, 1.54) is 13.2 Å². The molecule has 7 heteroatoms. The average molecular weight is 416 g/mol. The summed E-state index contributed by atoms with van der Waals surface area (Å²) in [5, 5.41) is 16.8. The van der Waals surface area contributed by atoms with Crippen molar-refractivity contribution in [2.24, 2.45) is 0 Å². The Hall–Kier alpha value is -2.80. The summed E-state index contributed by atoms with van der Waals surface area (Å²) in [5.41, 5.74) is 2.98. The molecule has 0 aliphatic carbocycles. The summed E-state index contributed by atoms with van der Waals surface area (Å²) in [7, 11) is 1.48. The van der Waals surface area contributed by atoms with E-state index >= 15 is 0 Å². The summed E-state index contributed by atoms with van der Waals surface area (Å²) in [6, 6.07) is 12.7. The van der Waals surface area contributed by atoms with Gasteiger partial charge < -0.3 is 15.2 Å². The van der Waals surface area contributed by atoms with Crippen molar-refractivity contribution >= 4 is 21.8 Å². The number of aromatic nitrogens is 2. The zero-order valence-electron chi connectivity index (χ0n) is 14.4. The summed E-state index contributed by atoms with van der Waals surface area (Å²) in [5.74, 6) is 0.225. The fourth-order valence-corrected chi connectivity index (χ4v) is 2.85. The fraction of sp³-hybridized carbons (Fsp3) is 0.158. The highest BCUT2D eigenvalue weighted by atomic mass is 79.9.